The van der Waals surface area contributed by atoms with Crippen LogP contribution in [0.5, 0.6) is 0 Å². The van der Waals surface area contributed by atoms with Crippen molar-refractivity contribution in [3.63, 3.8) is 0 Å². The summed E-state index contributed by atoms with van der Waals surface area (Å²) in [5.41, 5.74) is 2.22. The van der Waals surface area contributed by atoms with Crippen molar-refractivity contribution in [1.82, 2.24) is 0 Å². The standard InChI is InChI=1S/C12H19NO2/c1-13(2)12-5-3-10(4-6-12)11(9-15)7-8-14/h3-6,11,14-15H,7-9H2,1-2H3/t11-/m0/s1. The van der Waals surface area contributed by atoms with Crippen molar-refractivity contribution >= 4 is 5.69 Å². The second-order valence-electron chi connectivity index (χ2n) is 3.88. The highest BCUT2D eigenvalue weighted by Crippen LogP contribution is 2.21. The molecule has 0 saturated heterocycles. The van der Waals surface area contributed by atoms with Crippen molar-refractivity contribution in [2.45, 2.75) is 12.3 Å². The summed E-state index contributed by atoms with van der Waals surface area (Å²) in [6.07, 6.45) is 0.609. The van der Waals surface area contributed by atoms with Crippen LogP contribution in [-0.4, -0.2) is 37.5 Å². The van der Waals surface area contributed by atoms with Crippen molar-refractivity contribution in [2.24, 2.45) is 0 Å². The predicted molar refractivity (Wildman–Crippen MR) is 62.3 cm³/mol. The molecule has 15 heavy (non-hydrogen) atoms. The molecule has 3 heteroatoms. The number of hydrogen-bond donors (Lipinski definition) is 2. The van der Waals surface area contributed by atoms with E-state index in [0.29, 0.717) is 6.42 Å². The van der Waals surface area contributed by atoms with E-state index in [1.54, 1.807) is 0 Å². The van der Waals surface area contributed by atoms with Gasteiger partial charge in [-0.05, 0) is 24.1 Å². The Hall–Kier alpha value is -1.06. The molecule has 0 heterocycles. The first-order valence-corrected chi connectivity index (χ1v) is 5.18. The molecule has 1 aromatic carbocycles. The van der Waals surface area contributed by atoms with Crippen LogP contribution in [0.25, 0.3) is 0 Å². The maximum absolute atomic E-state index is 9.17. The Morgan fingerprint density at radius 3 is 2.13 bits per heavy atom. The van der Waals surface area contributed by atoms with Gasteiger partial charge in [-0.2, -0.15) is 0 Å². The van der Waals surface area contributed by atoms with E-state index in [9.17, 15) is 0 Å². The second kappa shape index (κ2) is 5.73. The minimum absolute atomic E-state index is 0.0474. The fourth-order valence-electron chi connectivity index (χ4n) is 1.56. The van der Waals surface area contributed by atoms with Crippen LogP contribution in [0.4, 0.5) is 5.69 Å². The topological polar surface area (TPSA) is 43.7 Å². The van der Waals surface area contributed by atoms with Gasteiger partial charge in [0.2, 0.25) is 0 Å². The second-order valence-corrected chi connectivity index (χ2v) is 3.88. The summed E-state index contributed by atoms with van der Waals surface area (Å²) in [6.45, 7) is 0.197. The zero-order valence-corrected chi connectivity index (χ0v) is 9.35. The van der Waals surface area contributed by atoms with E-state index in [-0.39, 0.29) is 19.1 Å². The normalized spacial score (nSPS) is 12.5. The summed E-state index contributed by atoms with van der Waals surface area (Å²) in [7, 11) is 3.98. The third kappa shape index (κ3) is 3.22. The predicted octanol–water partition coefficient (Wildman–Crippen LogP) is 1.21. The van der Waals surface area contributed by atoms with E-state index < -0.39 is 0 Å². The van der Waals surface area contributed by atoms with Crippen molar-refractivity contribution < 1.29 is 10.2 Å². The molecule has 1 atom stereocenters. The number of aliphatic hydroxyl groups is 2. The van der Waals surface area contributed by atoms with Crippen molar-refractivity contribution in [1.29, 1.82) is 0 Å². The first-order chi connectivity index (χ1) is 7.19. The Bertz CT molecular complexity index is 282. The molecular weight excluding hydrogens is 190 g/mol. The van der Waals surface area contributed by atoms with Gasteiger partial charge in [0.15, 0.2) is 0 Å². The van der Waals surface area contributed by atoms with Crippen molar-refractivity contribution in [3.05, 3.63) is 29.8 Å². The number of benzene rings is 1. The van der Waals surface area contributed by atoms with Gasteiger partial charge in [-0.15, -0.1) is 0 Å². The molecule has 0 bridgehead atoms. The lowest BCUT2D eigenvalue weighted by Gasteiger charge is -2.16. The molecule has 3 nitrogen and oxygen atoms in total. The Morgan fingerprint density at radius 2 is 1.73 bits per heavy atom. The van der Waals surface area contributed by atoms with Gasteiger partial charge in [0.25, 0.3) is 0 Å². The van der Waals surface area contributed by atoms with Crippen LogP contribution in [0.3, 0.4) is 0 Å². The van der Waals surface area contributed by atoms with E-state index in [4.69, 9.17) is 10.2 Å². The molecular formula is C12H19NO2. The monoisotopic (exact) mass is 209 g/mol. The van der Waals surface area contributed by atoms with Gasteiger partial charge >= 0.3 is 0 Å². The molecule has 0 aliphatic heterocycles. The van der Waals surface area contributed by atoms with Crippen molar-refractivity contribution in [3.8, 4) is 0 Å². The molecule has 0 aliphatic rings. The number of rotatable bonds is 5. The summed E-state index contributed by atoms with van der Waals surface area (Å²) in [5.74, 6) is 0.0474. The maximum atomic E-state index is 9.17. The quantitative estimate of drug-likeness (QED) is 0.766. The van der Waals surface area contributed by atoms with Gasteiger partial charge in [0.1, 0.15) is 0 Å². The lowest BCUT2D eigenvalue weighted by atomic mass is 9.97. The van der Waals surface area contributed by atoms with Crippen LogP contribution in [0.2, 0.25) is 0 Å². The molecule has 0 aliphatic carbocycles. The summed E-state index contributed by atoms with van der Waals surface area (Å²) in [6, 6.07) is 8.06. The third-order valence-corrected chi connectivity index (χ3v) is 2.58. The number of nitrogens with zero attached hydrogens (tertiary/aromatic N) is 1. The first-order valence-electron chi connectivity index (χ1n) is 5.18. The van der Waals surface area contributed by atoms with Gasteiger partial charge in [0, 0.05) is 32.3 Å². The van der Waals surface area contributed by atoms with E-state index in [1.165, 1.54) is 0 Å². The Morgan fingerprint density at radius 1 is 1.13 bits per heavy atom. The maximum Gasteiger partial charge on any atom is 0.0500 e. The number of hydrogen-bond acceptors (Lipinski definition) is 3. The molecule has 1 aromatic rings. The molecule has 84 valence electrons. The highest BCUT2D eigenvalue weighted by molar-refractivity contribution is 5.46. The zero-order chi connectivity index (χ0) is 11.3. The van der Waals surface area contributed by atoms with Gasteiger partial charge in [0.05, 0.1) is 6.61 Å². The zero-order valence-electron chi connectivity index (χ0n) is 9.35. The average molecular weight is 209 g/mol. The Balaban J connectivity index is 2.77. The molecule has 0 fully saturated rings. The van der Waals surface area contributed by atoms with E-state index >= 15 is 0 Å². The van der Waals surface area contributed by atoms with Gasteiger partial charge < -0.3 is 15.1 Å². The van der Waals surface area contributed by atoms with Crippen LogP contribution in [0, 0.1) is 0 Å². The molecule has 0 saturated carbocycles. The van der Waals surface area contributed by atoms with E-state index in [0.717, 1.165) is 11.3 Å². The van der Waals surface area contributed by atoms with Gasteiger partial charge in [-0.1, -0.05) is 12.1 Å². The molecule has 0 spiro atoms. The first kappa shape index (κ1) is 12.0. The Kier molecular flexibility index (Phi) is 4.59. The average Bonchev–Trinajstić information content (AvgIpc) is 2.26. The molecule has 0 radical (unpaired) electrons. The van der Waals surface area contributed by atoms with Crippen LogP contribution in [0.15, 0.2) is 24.3 Å². The molecule has 0 aromatic heterocycles. The summed E-state index contributed by atoms with van der Waals surface area (Å²) < 4.78 is 0. The third-order valence-electron chi connectivity index (χ3n) is 2.58. The highest BCUT2D eigenvalue weighted by Gasteiger charge is 2.09. The molecule has 0 unspecified atom stereocenters. The minimum atomic E-state index is 0.0474. The molecule has 2 N–H and O–H groups in total. The van der Waals surface area contributed by atoms with Gasteiger partial charge in [-0.3, -0.25) is 0 Å². The minimum Gasteiger partial charge on any atom is -0.396 e. The SMILES string of the molecule is CN(C)c1ccc([C@H](CO)CCO)cc1. The van der Waals surface area contributed by atoms with Crippen LogP contribution in [-0.2, 0) is 0 Å². The summed E-state index contributed by atoms with van der Waals surface area (Å²) >= 11 is 0. The Labute approximate surface area is 91.0 Å². The molecule has 0 amide bonds. The highest BCUT2D eigenvalue weighted by atomic mass is 16.3. The largest absolute Gasteiger partial charge is 0.396 e. The fourth-order valence-corrected chi connectivity index (χ4v) is 1.56. The fraction of sp³-hybridized carbons (Fsp3) is 0.500. The number of aliphatic hydroxyl groups excluding tert-OH is 2. The van der Waals surface area contributed by atoms with Gasteiger partial charge in [-0.25, -0.2) is 0 Å². The number of anilines is 1. The lowest BCUT2D eigenvalue weighted by molar-refractivity contribution is 0.220. The molecule has 1 rings (SSSR count). The van der Waals surface area contributed by atoms with E-state index in [1.807, 2.05) is 43.3 Å². The summed E-state index contributed by atoms with van der Waals surface area (Å²) in [5, 5.41) is 18.0. The smallest absolute Gasteiger partial charge is 0.0500 e. The lowest BCUT2D eigenvalue weighted by Crippen LogP contribution is -2.10. The summed E-state index contributed by atoms with van der Waals surface area (Å²) in [4.78, 5) is 2.03. The van der Waals surface area contributed by atoms with Crippen LogP contribution < -0.4 is 4.90 Å². The van der Waals surface area contributed by atoms with E-state index in [2.05, 4.69) is 0 Å². The van der Waals surface area contributed by atoms with Crippen molar-refractivity contribution in [2.75, 3.05) is 32.2 Å². The van der Waals surface area contributed by atoms with Crippen LogP contribution >= 0.6 is 0 Å². The van der Waals surface area contributed by atoms with Crippen LogP contribution in [0.1, 0.15) is 17.9 Å².